The van der Waals surface area contributed by atoms with Gasteiger partial charge in [0.2, 0.25) is 10.0 Å². The Morgan fingerprint density at radius 1 is 1.23 bits per heavy atom. The Balaban J connectivity index is 1.91. The molecule has 166 valence electrons. The molecular weight excluding hydrogens is 432 g/mol. The number of halogens is 2. The van der Waals surface area contributed by atoms with Crippen molar-refractivity contribution >= 4 is 20.9 Å². The van der Waals surface area contributed by atoms with Gasteiger partial charge in [0.25, 0.3) is 12.0 Å². The molecule has 0 spiro atoms. The molecule has 0 amide bonds. The number of nitrogens with zero attached hydrogens (tertiary/aromatic N) is 4. The van der Waals surface area contributed by atoms with Crippen molar-refractivity contribution < 1.29 is 17.2 Å². The van der Waals surface area contributed by atoms with Crippen LogP contribution >= 0.6 is 0 Å². The molecule has 0 saturated heterocycles. The van der Waals surface area contributed by atoms with Gasteiger partial charge in [0.1, 0.15) is 0 Å². The number of fused-ring (bicyclic) bond motifs is 1. The minimum Gasteiger partial charge on any atom is -0.287 e. The fourth-order valence-electron chi connectivity index (χ4n) is 3.43. The van der Waals surface area contributed by atoms with Crippen LogP contribution in [0.5, 0.6) is 0 Å². The minimum atomic E-state index is -3.93. The molecule has 1 aliphatic carbocycles. The lowest BCUT2D eigenvalue weighted by Crippen LogP contribution is -2.41. The smallest absolute Gasteiger partial charge is 0.287 e. The summed E-state index contributed by atoms with van der Waals surface area (Å²) in [5, 5.41) is 3.84. The van der Waals surface area contributed by atoms with Crippen LogP contribution in [0.3, 0.4) is 0 Å². The molecule has 4 rings (SSSR count). The van der Waals surface area contributed by atoms with E-state index in [9.17, 15) is 26.8 Å². The number of sulfonamides is 1. The topological polar surface area (TPSA) is 108 Å². The molecular formula is C19H21F2N5O4S. The van der Waals surface area contributed by atoms with Crippen LogP contribution in [0.25, 0.3) is 10.9 Å². The molecule has 1 saturated carbocycles. The highest BCUT2D eigenvalue weighted by molar-refractivity contribution is 7.89. The second kappa shape index (κ2) is 7.38. The largest absolute Gasteiger partial charge is 0.331 e. The summed E-state index contributed by atoms with van der Waals surface area (Å²) >= 11 is 0. The van der Waals surface area contributed by atoms with E-state index < -0.39 is 39.8 Å². The maximum Gasteiger partial charge on any atom is 0.331 e. The quantitative estimate of drug-likeness (QED) is 0.575. The van der Waals surface area contributed by atoms with Crippen LogP contribution in [0.15, 0.2) is 45.1 Å². The number of benzene rings is 1. The molecule has 1 aliphatic rings. The number of rotatable bonds is 7. The first-order valence-corrected chi connectivity index (χ1v) is 11.0. The van der Waals surface area contributed by atoms with E-state index in [0.717, 1.165) is 15.2 Å². The summed E-state index contributed by atoms with van der Waals surface area (Å²) in [6.45, 7) is 0.663. The Kier molecular flexibility index (Phi) is 5.09. The lowest BCUT2D eigenvalue weighted by molar-refractivity contribution is 0.126. The Hall–Kier alpha value is -2.86. The van der Waals surface area contributed by atoms with Crippen molar-refractivity contribution in [1.82, 2.24) is 23.6 Å². The van der Waals surface area contributed by atoms with E-state index >= 15 is 0 Å². The van der Waals surface area contributed by atoms with Crippen molar-refractivity contribution in [2.45, 2.75) is 49.7 Å². The van der Waals surface area contributed by atoms with Gasteiger partial charge in [0.05, 0.1) is 35.1 Å². The third-order valence-electron chi connectivity index (χ3n) is 5.31. The fraction of sp³-hybridized carbons (Fsp3) is 0.421. The van der Waals surface area contributed by atoms with E-state index in [0.29, 0.717) is 18.4 Å². The highest BCUT2D eigenvalue weighted by Crippen LogP contribution is 2.36. The van der Waals surface area contributed by atoms with Gasteiger partial charge in [-0.1, -0.05) is 0 Å². The van der Waals surface area contributed by atoms with Crippen LogP contribution in [0.1, 0.15) is 25.3 Å². The fourth-order valence-corrected chi connectivity index (χ4v) is 4.92. The number of aromatic nitrogens is 4. The first-order chi connectivity index (χ1) is 14.5. The van der Waals surface area contributed by atoms with Crippen molar-refractivity contribution in [2.24, 2.45) is 7.05 Å². The van der Waals surface area contributed by atoms with Gasteiger partial charge >= 0.3 is 5.69 Å². The Morgan fingerprint density at radius 3 is 2.52 bits per heavy atom. The first kappa shape index (κ1) is 21.4. The molecule has 0 unspecified atom stereocenters. The van der Waals surface area contributed by atoms with Crippen LogP contribution in [-0.2, 0) is 30.2 Å². The van der Waals surface area contributed by atoms with Crippen LogP contribution < -0.4 is 16.0 Å². The minimum absolute atomic E-state index is 0.0469. The van der Waals surface area contributed by atoms with Gasteiger partial charge in [-0.05, 0) is 38.0 Å². The average Bonchev–Trinajstić information content (AvgIpc) is 3.25. The summed E-state index contributed by atoms with van der Waals surface area (Å²) in [6.07, 6.45) is 1.60. The molecule has 31 heavy (non-hydrogen) atoms. The zero-order chi connectivity index (χ0) is 22.6. The second-order valence-corrected chi connectivity index (χ2v) is 9.73. The normalized spacial score (nSPS) is 15.6. The van der Waals surface area contributed by atoms with Crippen LogP contribution in [0.2, 0.25) is 0 Å². The van der Waals surface area contributed by atoms with Crippen molar-refractivity contribution in [1.29, 1.82) is 0 Å². The standard InChI is InChI=1S/C19H21F2N5O4S/c1-19(5-6-19)23-31(29,30)13-3-4-15-14(7-13)17(27)26(10-12-8-22-24(2)9-12)18(28)25(15)11-16(20)21/h3-4,7-9,16,23H,5-6,10-11H2,1-2H3. The predicted octanol–water partition coefficient (Wildman–Crippen LogP) is 1.04. The van der Waals surface area contributed by atoms with Gasteiger partial charge < -0.3 is 0 Å². The second-order valence-electron chi connectivity index (χ2n) is 8.04. The lowest BCUT2D eigenvalue weighted by atomic mass is 10.2. The Bertz CT molecular complexity index is 1390. The highest BCUT2D eigenvalue weighted by Gasteiger charge is 2.41. The summed E-state index contributed by atoms with van der Waals surface area (Å²) in [5.41, 5.74) is -1.71. The maximum absolute atomic E-state index is 13.2. The monoisotopic (exact) mass is 453 g/mol. The number of hydrogen-bond acceptors (Lipinski definition) is 5. The van der Waals surface area contributed by atoms with Crippen molar-refractivity contribution in [3.63, 3.8) is 0 Å². The summed E-state index contributed by atoms with van der Waals surface area (Å²) in [6, 6.07) is 3.56. The van der Waals surface area contributed by atoms with E-state index in [1.54, 1.807) is 20.2 Å². The number of alkyl halides is 2. The van der Waals surface area contributed by atoms with E-state index in [-0.39, 0.29) is 22.3 Å². The van der Waals surface area contributed by atoms with Gasteiger partial charge in [-0.3, -0.25) is 18.6 Å². The molecule has 3 aromatic rings. The molecule has 0 bridgehead atoms. The third-order valence-corrected chi connectivity index (χ3v) is 6.94. The molecule has 0 aliphatic heterocycles. The number of aryl methyl sites for hydroxylation is 1. The summed E-state index contributed by atoms with van der Waals surface area (Å²) in [4.78, 5) is 25.8. The van der Waals surface area contributed by atoms with Crippen LogP contribution in [0.4, 0.5) is 8.78 Å². The Labute approximate surface area is 176 Å². The zero-order valence-electron chi connectivity index (χ0n) is 16.9. The van der Waals surface area contributed by atoms with Crippen LogP contribution in [-0.4, -0.2) is 39.3 Å². The van der Waals surface area contributed by atoms with E-state index in [1.165, 1.54) is 23.0 Å². The molecule has 2 aromatic heterocycles. The summed E-state index contributed by atoms with van der Waals surface area (Å²) in [5.74, 6) is 0. The highest BCUT2D eigenvalue weighted by atomic mass is 32.2. The van der Waals surface area contributed by atoms with Crippen molar-refractivity contribution in [2.75, 3.05) is 0 Å². The maximum atomic E-state index is 13.2. The first-order valence-electron chi connectivity index (χ1n) is 9.56. The van der Waals surface area contributed by atoms with Crippen molar-refractivity contribution in [3.05, 3.63) is 57.0 Å². The molecule has 0 radical (unpaired) electrons. The molecule has 0 atom stereocenters. The van der Waals surface area contributed by atoms with E-state index in [1.807, 2.05) is 0 Å². The van der Waals surface area contributed by atoms with E-state index in [2.05, 4.69) is 9.82 Å². The number of nitrogens with one attached hydrogen (secondary N) is 1. The van der Waals surface area contributed by atoms with Gasteiger partial charge in [0.15, 0.2) is 0 Å². The Morgan fingerprint density at radius 2 is 1.94 bits per heavy atom. The van der Waals surface area contributed by atoms with E-state index in [4.69, 9.17) is 0 Å². The van der Waals surface area contributed by atoms with Crippen molar-refractivity contribution in [3.8, 4) is 0 Å². The van der Waals surface area contributed by atoms with Gasteiger partial charge in [-0.15, -0.1) is 0 Å². The van der Waals surface area contributed by atoms with Crippen LogP contribution in [0, 0.1) is 0 Å². The number of hydrogen-bond donors (Lipinski definition) is 1. The van der Waals surface area contributed by atoms with Gasteiger partial charge in [-0.2, -0.15) is 5.10 Å². The van der Waals surface area contributed by atoms with Gasteiger partial charge in [0, 0.05) is 24.3 Å². The zero-order valence-corrected chi connectivity index (χ0v) is 17.7. The van der Waals surface area contributed by atoms with Gasteiger partial charge in [-0.25, -0.2) is 26.7 Å². The predicted molar refractivity (Wildman–Crippen MR) is 109 cm³/mol. The lowest BCUT2D eigenvalue weighted by Gasteiger charge is -2.16. The third kappa shape index (κ3) is 4.17. The molecule has 12 heteroatoms. The molecule has 1 fully saturated rings. The SMILES string of the molecule is Cn1cc(Cn2c(=O)c3cc(S(=O)(=O)NC4(C)CC4)ccc3n(CC(F)F)c2=O)cn1. The summed E-state index contributed by atoms with van der Waals surface area (Å²) in [7, 11) is -2.27. The summed E-state index contributed by atoms with van der Waals surface area (Å²) < 4.78 is 57.5. The molecule has 9 nitrogen and oxygen atoms in total. The molecule has 1 N–H and O–H groups in total. The molecule has 2 heterocycles. The molecule has 1 aromatic carbocycles. The average molecular weight is 453 g/mol.